The zero-order valence-electron chi connectivity index (χ0n) is 10.2. The molecule has 2 aromatic heterocycles. The lowest BCUT2D eigenvalue weighted by Gasteiger charge is -2.16. The Kier molecular flexibility index (Phi) is 2.19. The minimum Gasteiger partial charge on any atom is -0.321 e. The summed E-state index contributed by atoms with van der Waals surface area (Å²) in [5.74, 6) is 0. The summed E-state index contributed by atoms with van der Waals surface area (Å²) in [6.45, 7) is 2.94. The van der Waals surface area contributed by atoms with E-state index in [9.17, 15) is 0 Å². The Bertz CT molecular complexity index is 747. The van der Waals surface area contributed by atoms with E-state index in [1.807, 2.05) is 11.3 Å². The van der Waals surface area contributed by atoms with E-state index in [-0.39, 0.29) is 6.23 Å². The first kappa shape index (κ1) is 10.5. The van der Waals surface area contributed by atoms with Crippen molar-refractivity contribution in [3.8, 4) is 0 Å². The van der Waals surface area contributed by atoms with Crippen molar-refractivity contribution in [2.24, 2.45) is 0 Å². The van der Waals surface area contributed by atoms with Crippen LogP contribution in [0.25, 0.3) is 20.2 Å². The minimum atomic E-state index is 0.156. The van der Waals surface area contributed by atoms with E-state index in [2.05, 4.69) is 48.0 Å². The number of fused-ring (bicyclic) bond motifs is 4. The molecule has 1 aliphatic heterocycles. The number of thiophene rings is 1. The van der Waals surface area contributed by atoms with Gasteiger partial charge in [0.05, 0.1) is 17.7 Å². The molecule has 0 saturated carbocycles. The average molecular weight is 256 g/mol. The van der Waals surface area contributed by atoms with Crippen LogP contribution in [-0.4, -0.2) is 6.61 Å². The van der Waals surface area contributed by atoms with Crippen LogP contribution in [-0.2, 0) is 11.2 Å². The quantitative estimate of drug-likeness (QED) is 0.562. The summed E-state index contributed by atoms with van der Waals surface area (Å²) in [4.78, 5) is 0. The van der Waals surface area contributed by atoms with Gasteiger partial charge in [0.25, 0.3) is 6.23 Å². The molecule has 0 spiro atoms. The van der Waals surface area contributed by atoms with Gasteiger partial charge in [-0.05, 0) is 6.07 Å². The molecule has 0 fully saturated rings. The fourth-order valence-corrected chi connectivity index (χ4v) is 3.85. The maximum absolute atomic E-state index is 5.69. The van der Waals surface area contributed by atoms with Gasteiger partial charge in [-0.2, -0.15) is 4.57 Å². The van der Waals surface area contributed by atoms with Gasteiger partial charge in [-0.15, -0.1) is 11.3 Å². The SMILES string of the molecule is CC1OCCc2cc3c(c[n+]21)sc1ccccc13. The molecule has 0 N–H and O–H groups in total. The molecule has 3 aromatic rings. The van der Waals surface area contributed by atoms with Gasteiger partial charge in [0.1, 0.15) is 0 Å². The number of benzene rings is 1. The molecule has 0 saturated heterocycles. The highest BCUT2D eigenvalue weighted by Gasteiger charge is 2.25. The van der Waals surface area contributed by atoms with Crippen LogP contribution in [0.3, 0.4) is 0 Å². The maximum Gasteiger partial charge on any atom is 0.259 e. The molecular formula is C15H14NOS+. The van der Waals surface area contributed by atoms with Crippen LogP contribution in [0.2, 0.25) is 0 Å². The lowest BCUT2D eigenvalue weighted by atomic mass is 10.1. The third kappa shape index (κ3) is 1.41. The normalized spacial score (nSPS) is 19.3. The molecule has 18 heavy (non-hydrogen) atoms. The third-order valence-electron chi connectivity index (χ3n) is 3.67. The van der Waals surface area contributed by atoms with Crippen molar-refractivity contribution in [1.82, 2.24) is 0 Å². The standard InChI is InChI=1S/C15H14NOS/c1-10-16-9-15-13(8-11(16)6-7-17-10)12-4-2-3-5-14(12)18-15/h2-5,8-10H,6-7H2,1H3/q+1. The van der Waals surface area contributed by atoms with Gasteiger partial charge < -0.3 is 4.74 Å². The highest BCUT2D eigenvalue weighted by molar-refractivity contribution is 7.25. The van der Waals surface area contributed by atoms with Crippen LogP contribution in [0.15, 0.2) is 36.5 Å². The summed E-state index contributed by atoms with van der Waals surface area (Å²) < 4.78 is 10.7. The Balaban J connectivity index is 2.10. The number of hydrogen-bond donors (Lipinski definition) is 0. The van der Waals surface area contributed by atoms with Gasteiger partial charge in [-0.1, -0.05) is 18.2 Å². The monoisotopic (exact) mass is 256 g/mol. The average Bonchev–Trinajstić information content (AvgIpc) is 2.75. The van der Waals surface area contributed by atoms with Crippen LogP contribution in [0.1, 0.15) is 18.8 Å². The predicted molar refractivity (Wildman–Crippen MR) is 73.9 cm³/mol. The van der Waals surface area contributed by atoms with E-state index >= 15 is 0 Å². The van der Waals surface area contributed by atoms with Crippen molar-refractivity contribution < 1.29 is 9.30 Å². The van der Waals surface area contributed by atoms with Crippen molar-refractivity contribution >= 4 is 31.5 Å². The Morgan fingerprint density at radius 2 is 2.11 bits per heavy atom. The highest BCUT2D eigenvalue weighted by atomic mass is 32.1. The summed E-state index contributed by atoms with van der Waals surface area (Å²) >= 11 is 1.86. The molecule has 0 radical (unpaired) electrons. The van der Waals surface area contributed by atoms with E-state index in [0.29, 0.717) is 0 Å². The smallest absolute Gasteiger partial charge is 0.259 e. The summed E-state index contributed by atoms with van der Waals surface area (Å²) in [6, 6.07) is 11.0. The van der Waals surface area contributed by atoms with Gasteiger partial charge in [0.15, 0.2) is 11.9 Å². The largest absolute Gasteiger partial charge is 0.321 e. The topological polar surface area (TPSA) is 13.1 Å². The first-order valence-electron chi connectivity index (χ1n) is 6.30. The summed E-state index contributed by atoms with van der Waals surface area (Å²) in [6.07, 6.45) is 3.41. The van der Waals surface area contributed by atoms with Gasteiger partial charge in [-0.3, -0.25) is 0 Å². The number of rotatable bonds is 0. The Labute approximate surface area is 109 Å². The molecule has 1 atom stereocenters. The first-order valence-corrected chi connectivity index (χ1v) is 7.11. The second-order valence-electron chi connectivity index (χ2n) is 4.77. The number of aromatic nitrogens is 1. The Morgan fingerprint density at radius 3 is 3.06 bits per heavy atom. The number of ether oxygens (including phenoxy) is 1. The van der Waals surface area contributed by atoms with Crippen LogP contribution >= 0.6 is 11.3 Å². The van der Waals surface area contributed by atoms with Gasteiger partial charge >= 0.3 is 0 Å². The molecule has 2 nitrogen and oxygen atoms in total. The Morgan fingerprint density at radius 1 is 1.22 bits per heavy atom. The van der Waals surface area contributed by atoms with Crippen LogP contribution in [0.4, 0.5) is 0 Å². The molecule has 3 heteroatoms. The number of pyridine rings is 1. The molecule has 4 rings (SSSR count). The van der Waals surface area contributed by atoms with Gasteiger partial charge in [0.2, 0.25) is 0 Å². The molecule has 0 aliphatic carbocycles. The molecule has 1 unspecified atom stereocenters. The fourth-order valence-electron chi connectivity index (χ4n) is 2.73. The molecule has 3 heterocycles. The highest BCUT2D eigenvalue weighted by Crippen LogP contribution is 2.33. The van der Waals surface area contributed by atoms with Crippen molar-refractivity contribution in [3.05, 3.63) is 42.2 Å². The summed E-state index contributed by atoms with van der Waals surface area (Å²) in [5.41, 5.74) is 1.38. The summed E-state index contributed by atoms with van der Waals surface area (Å²) in [7, 11) is 0. The van der Waals surface area contributed by atoms with E-state index in [1.165, 1.54) is 25.9 Å². The summed E-state index contributed by atoms with van der Waals surface area (Å²) in [5, 5.41) is 2.76. The number of nitrogens with zero attached hydrogens (tertiary/aromatic N) is 1. The zero-order valence-corrected chi connectivity index (χ0v) is 11.0. The lowest BCUT2D eigenvalue weighted by molar-refractivity contribution is -0.771. The molecule has 0 amide bonds. The minimum absolute atomic E-state index is 0.156. The second kappa shape index (κ2) is 3.77. The second-order valence-corrected chi connectivity index (χ2v) is 5.85. The third-order valence-corrected chi connectivity index (χ3v) is 4.79. The van der Waals surface area contributed by atoms with Crippen LogP contribution in [0.5, 0.6) is 0 Å². The molecule has 0 bridgehead atoms. The van der Waals surface area contributed by atoms with Crippen molar-refractivity contribution in [2.75, 3.05) is 6.61 Å². The van der Waals surface area contributed by atoms with E-state index in [4.69, 9.17) is 4.74 Å². The molecular weight excluding hydrogens is 242 g/mol. The van der Waals surface area contributed by atoms with Crippen molar-refractivity contribution in [2.45, 2.75) is 19.6 Å². The molecule has 1 aromatic carbocycles. The zero-order chi connectivity index (χ0) is 12.1. The molecule has 90 valence electrons. The lowest BCUT2D eigenvalue weighted by Crippen LogP contribution is -2.46. The van der Waals surface area contributed by atoms with E-state index < -0.39 is 0 Å². The predicted octanol–water partition coefficient (Wildman–Crippen LogP) is 3.43. The van der Waals surface area contributed by atoms with Gasteiger partial charge in [-0.25, -0.2) is 0 Å². The maximum atomic E-state index is 5.69. The fraction of sp³-hybridized carbons (Fsp3) is 0.267. The van der Waals surface area contributed by atoms with E-state index in [0.717, 1.165) is 13.0 Å². The van der Waals surface area contributed by atoms with E-state index in [1.54, 1.807) is 0 Å². The Hall–Kier alpha value is -1.45. The van der Waals surface area contributed by atoms with Crippen LogP contribution < -0.4 is 4.57 Å². The van der Waals surface area contributed by atoms with Crippen molar-refractivity contribution in [1.29, 1.82) is 0 Å². The van der Waals surface area contributed by atoms with Crippen LogP contribution in [0, 0.1) is 0 Å². The number of hydrogen-bond acceptors (Lipinski definition) is 2. The molecule has 1 aliphatic rings. The van der Waals surface area contributed by atoms with Gasteiger partial charge in [0, 0.05) is 28.5 Å². The van der Waals surface area contributed by atoms with Crippen molar-refractivity contribution in [3.63, 3.8) is 0 Å². The first-order chi connectivity index (χ1) is 8.83.